The number of alkyl halides is 5. The quantitative estimate of drug-likeness (QED) is 0.388. The maximum Gasteiger partial charge on any atom is 0.471 e. The van der Waals surface area contributed by atoms with Crippen LogP contribution in [0.2, 0.25) is 0 Å². The maximum absolute atomic E-state index is 14.6. The van der Waals surface area contributed by atoms with Crippen LogP contribution in [-0.2, 0) is 19.2 Å². The second-order valence-corrected chi connectivity index (χ2v) is 9.94. The van der Waals surface area contributed by atoms with Crippen LogP contribution in [0.1, 0.15) is 59.3 Å². The summed E-state index contributed by atoms with van der Waals surface area (Å²) in [6.45, 7) is 5.08. The molecule has 2 aliphatic heterocycles. The molecule has 2 heterocycles. The first-order valence-corrected chi connectivity index (χ1v) is 12.1. The summed E-state index contributed by atoms with van der Waals surface area (Å²) < 4.78 is 68.0. The second kappa shape index (κ2) is 12.0. The smallest absolute Gasteiger partial charge is 0.356 e. The molecule has 37 heavy (non-hydrogen) atoms. The van der Waals surface area contributed by atoms with E-state index < -0.39 is 72.7 Å². The highest BCUT2D eigenvalue weighted by Gasteiger charge is 2.51. The Labute approximate surface area is 211 Å². The van der Waals surface area contributed by atoms with Gasteiger partial charge in [-0.3, -0.25) is 19.2 Å². The van der Waals surface area contributed by atoms with Gasteiger partial charge in [-0.05, 0) is 31.6 Å². The van der Waals surface area contributed by atoms with E-state index in [1.54, 1.807) is 19.2 Å². The summed E-state index contributed by atoms with van der Waals surface area (Å²) in [5.74, 6) is -9.12. The van der Waals surface area contributed by atoms with Crippen LogP contribution in [0.15, 0.2) is 0 Å². The summed E-state index contributed by atoms with van der Waals surface area (Å²) in [5, 5.41) is 16.0. The Balaban J connectivity index is 2.35. The Kier molecular flexibility index (Phi) is 9.84. The van der Waals surface area contributed by atoms with E-state index >= 15 is 0 Å². The third-order valence-electron chi connectivity index (χ3n) is 6.51. The van der Waals surface area contributed by atoms with Crippen LogP contribution < -0.4 is 16.0 Å². The topological polar surface area (TPSA) is 131 Å². The fourth-order valence-corrected chi connectivity index (χ4v) is 4.73. The standard InChI is InChI=1S/C23H32F5N5O4/c1-4-15-9-22(24,25)10-17(19(35)31-14(11-29)8-13-5-6-30-18(13)34)33(15)20(36)16(7-12(2)3)32-21(37)23(26,27)28/h12-17H,4-10H2,1-3H3,(H,30,34)(H,31,35)(H,32,37)/t13-,14-,15-,16+,17-/m0/s1. The minimum Gasteiger partial charge on any atom is -0.356 e. The monoisotopic (exact) mass is 537 g/mol. The van der Waals surface area contributed by atoms with Crippen molar-refractivity contribution in [2.45, 2.75) is 95.6 Å². The van der Waals surface area contributed by atoms with Gasteiger partial charge in [0.15, 0.2) is 0 Å². The fourth-order valence-electron chi connectivity index (χ4n) is 4.73. The van der Waals surface area contributed by atoms with Gasteiger partial charge in [0.1, 0.15) is 18.1 Å². The molecule has 3 N–H and O–H groups in total. The number of hydrogen-bond donors (Lipinski definition) is 3. The van der Waals surface area contributed by atoms with Gasteiger partial charge in [0.25, 0.3) is 5.92 Å². The average molecular weight is 538 g/mol. The molecule has 0 aromatic rings. The van der Waals surface area contributed by atoms with Crippen molar-refractivity contribution in [1.29, 1.82) is 5.26 Å². The first-order chi connectivity index (χ1) is 17.1. The Morgan fingerprint density at radius 3 is 2.35 bits per heavy atom. The van der Waals surface area contributed by atoms with Crippen LogP contribution in [-0.4, -0.2) is 71.3 Å². The predicted molar refractivity (Wildman–Crippen MR) is 120 cm³/mol. The Morgan fingerprint density at radius 2 is 1.86 bits per heavy atom. The Bertz CT molecular complexity index is 920. The molecule has 0 aromatic carbocycles. The molecule has 0 radical (unpaired) electrons. The maximum atomic E-state index is 14.6. The molecule has 2 rings (SSSR count). The lowest BCUT2D eigenvalue weighted by Gasteiger charge is -2.45. The Hall–Kier alpha value is -2.98. The molecule has 4 amide bonds. The van der Waals surface area contributed by atoms with Crippen molar-refractivity contribution >= 4 is 23.6 Å². The van der Waals surface area contributed by atoms with Crippen molar-refractivity contribution in [3.05, 3.63) is 0 Å². The number of carbonyl (C=O) groups excluding carboxylic acids is 4. The summed E-state index contributed by atoms with van der Waals surface area (Å²) in [6.07, 6.45) is -7.10. The first-order valence-electron chi connectivity index (χ1n) is 12.1. The van der Waals surface area contributed by atoms with E-state index in [-0.39, 0.29) is 31.1 Å². The molecule has 2 aliphatic rings. The zero-order valence-electron chi connectivity index (χ0n) is 20.8. The largest absolute Gasteiger partial charge is 0.471 e. The predicted octanol–water partition coefficient (Wildman–Crippen LogP) is 2.02. The van der Waals surface area contributed by atoms with Gasteiger partial charge in [0, 0.05) is 31.3 Å². The summed E-state index contributed by atoms with van der Waals surface area (Å²) >= 11 is 0. The molecule has 0 spiro atoms. The zero-order valence-corrected chi connectivity index (χ0v) is 20.8. The van der Waals surface area contributed by atoms with Crippen LogP contribution in [0.3, 0.4) is 0 Å². The number of nitrogens with zero attached hydrogens (tertiary/aromatic N) is 2. The second-order valence-electron chi connectivity index (χ2n) is 9.94. The van der Waals surface area contributed by atoms with E-state index in [0.717, 1.165) is 4.90 Å². The molecule has 0 aromatic heterocycles. The molecule has 2 fully saturated rings. The van der Waals surface area contributed by atoms with E-state index in [2.05, 4.69) is 10.6 Å². The summed E-state index contributed by atoms with van der Waals surface area (Å²) in [6, 6.07) is -4.11. The van der Waals surface area contributed by atoms with Crippen molar-refractivity contribution in [3.8, 4) is 6.07 Å². The molecule has 0 unspecified atom stereocenters. The lowest BCUT2D eigenvalue weighted by molar-refractivity contribution is -0.176. The minimum atomic E-state index is -5.28. The summed E-state index contributed by atoms with van der Waals surface area (Å²) in [7, 11) is 0. The molecular weight excluding hydrogens is 505 g/mol. The average Bonchev–Trinajstić information content (AvgIpc) is 3.19. The van der Waals surface area contributed by atoms with Gasteiger partial charge in [-0.2, -0.15) is 18.4 Å². The summed E-state index contributed by atoms with van der Waals surface area (Å²) in [4.78, 5) is 50.9. The molecular formula is C23H32F5N5O4. The highest BCUT2D eigenvalue weighted by Crippen LogP contribution is 2.38. The molecule has 0 saturated carbocycles. The van der Waals surface area contributed by atoms with Crippen molar-refractivity contribution in [3.63, 3.8) is 0 Å². The lowest BCUT2D eigenvalue weighted by atomic mass is 9.88. The number of rotatable bonds is 9. The molecule has 5 atom stereocenters. The minimum absolute atomic E-state index is 0.0311. The van der Waals surface area contributed by atoms with Crippen molar-refractivity contribution in [2.75, 3.05) is 6.54 Å². The zero-order chi connectivity index (χ0) is 28.1. The third kappa shape index (κ3) is 8.00. The van der Waals surface area contributed by atoms with Gasteiger partial charge < -0.3 is 20.9 Å². The summed E-state index contributed by atoms with van der Waals surface area (Å²) in [5.41, 5.74) is 0. The molecule has 208 valence electrons. The Morgan fingerprint density at radius 1 is 1.22 bits per heavy atom. The van der Waals surface area contributed by atoms with Crippen LogP contribution in [0.5, 0.6) is 0 Å². The van der Waals surface area contributed by atoms with E-state index in [0.29, 0.717) is 13.0 Å². The van der Waals surface area contributed by atoms with Gasteiger partial charge in [0.05, 0.1) is 6.07 Å². The van der Waals surface area contributed by atoms with Crippen molar-refractivity contribution in [1.82, 2.24) is 20.9 Å². The fraction of sp³-hybridized carbons (Fsp3) is 0.783. The molecule has 0 aliphatic carbocycles. The van der Waals surface area contributed by atoms with E-state index in [1.165, 1.54) is 6.92 Å². The van der Waals surface area contributed by atoms with E-state index in [1.807, 2.05) is 6.07 Å². The van der Waals surface area contributed by atoms with Crippen molar-refractivity contribution in [2.24, 2.45) is 11.8 Å². The number of piperidine rings is 1. The van der Waals surface area contributed by atoms with Gasteiger partial charge in [-0.1, -0.05) is 20.8 Å². The van der Waals surface area contributed by atoms with Crippen LogP contribution in [0, 0.1) is 23.2 Å². The molecule has 0 bridgehead atoms. The number of halogens is 5. The van der Waals surface area contributed by atoms with Gasteiger partial charge in [0.2, 0.25) is 17.7 Å². The number of likely N-dealkylation sites (tertiary alicyclic amines) is 1. The number of amides is 4. The molecule has 9 nitrogen and oxygen atoms in total. The molecule has 14 heteroatoms. The van der Waals surface area contributed by atoms with E-state index in [9.17, 15) is 46.4 Å². The first kappa shape index (κ1) is 30.2. The van der Waals surface area contributed by atoms with Gasteiger partial charge in [-0.15, -0.1) is 0 Å². The highest BCUT2D eigenvalue weighted by molar-refractivity contribution is 5.93. The van der Waals surface area contributed by atoms with Gasteiger partial charge in [-0.25, -0.2) is 8.78 Å². The number of nitriles is 1. The lowest BCUT2D eigenvalue weighted by Crippen LogP contribution is -2.64. The van der Waals surface area contributed by atoms with Crippen LogP contribution in [0.4, 0.5) is 22.0 Å². The van der Waals surface area contributed by atoms with Gasteiger partial charge >= 0.3 is 12.1 Å². The molecule has 2 saturated heterocycles. The van der Waals surface area contributed by atoms with Crippen molar-refractivity contribution < 1.29 is 41.1 Å². The SMILES string of the molecule is CC[C@H]1CC(F)(F)C[C@@H](C(=O)N[C@H](C#N)C[C@@H]2CCNC2=O)N1C(=O)[C@@H](CC(C)C)NC(=O)C(F)(F)F. The number of nitrogens with one attached hydrogen (secondary N) is 3. The number of carbonyl (C=O) groups is 4. The van der Waals surface area contributed by atoms with Crippen LogP contribution >= 0.6 is 0 Å². The highest BCUT2D eigenvalue weighted by atomic mass is 19.4. The third-order valence-corrected chi connectivity index (χ3v) is 6.51. The van der Waals surface area contributed by atoms with Crippen LogP contribution in [0.25, 0.3) is 0 Å². The normalized spacial score (nSPS) is 25.1. The number of hydrogen-bond acceptors (Lipinski definition) is 5. The van der Waals surface area contributed by atoms with E-state index in [4.69, 9.17) is 0 Å².